The van der Waals surface area contributed by atoms with E-state index in [4.69, 9.17) is 0 Å². The van der Waals surface area contributed by atoms with E-state index in [1.807, 2.05) is 35.2 Å². The molecule has 4 nitrogen and oxygen atoms in total. The van der Waals surface area contributed by atoms with Crippen LogP contribution in [0.1, 0.15) is 25.5 Å². The molecule has 2 rings (SSSR count). The molecule has 1 aromatic carbocycles. The second kappa shape index (κ2) is 6.17. The normalized spacial score (nSPS) is 19.7. The van der Waals surface area contributed by atoms with Crippen LogP contribution in [-0.4, -0.2) is 48.6 Å². The molecule has 4 heteroatoms. The van der Waals surface area contributed by atoms with Crippen molar-refractivity contribution in [3.05, 3.63) is 35.9 Å². The molecule has 1 unspecified atom stereocenters. The zero-order valence-corrected chi connectivity index (χ0v) is 12.0. The Balaban J connectivity index is 1.91. The monoisotopic (exact) mass is 261 g/mol. The Kier molecular flexibility index (Phi) is 4.56. The average Bonchev–Trinajstić information content (AvgIpc) is 2.78. The molecule has 0 aromatic heterocycles. The molecule has 1 aromatic rings. The summed E-state index contributed by atoms with van der Waals surface area (Å²) in [7, 11) is 2.09. The zero-order chi connectivity index (χ0) is 13.8. The van der Waals surface area contributed by atoms with Crippen LogP contribution >= 0.6 is 0 Å². The van der Waals surface area contributed by atoms with Gasteiger partial charge >= 0.3 is 0 Å². The van der Waals surface area contributed by atoms with Crippen molar-refractivity contribution >= 4 is 5.91 Å². The molecule has 0 bridgehead atoms. The molecule has 1 atom stereocenters. The third kappa shape index (κ3) is 3.33. The summed E-state index contributed by atoms with van der Waals surface area (Å²) < 4.78 is 0. The first-order valence-corrected chi connectivity index (χ1v) is 6.87. The number of likely N-dealkylation sites (N-methyl/N-ethyl adjacent to an activating group) is 1. The number of carbonyl (C=O) groups excluding carboxylic acids is 1. The molecule has 1 aliphatic rings. The number of nitrogens with zero attached hydrogens (tertiary/aromatic N) is 2. The molecule has 1 fully saturated rings. The van der Waals surface area contributed by atoms with Crippen LogP contribution in [0.4, 0.5) is 0 Å². The maximum atomic E-state index is 12.3. The molecule has 1 heterocycles. The Morgan fingerprint density at radius 2 is 2.05 bits per heavy atom. The molecule has 19 heavy (non-hydrogen) atoms. The van der Waals surface area contributed by atoms with Gasteiger partial charge in [-0.25, -0.2) is 0 Å². The van der Waals surface area contributed by atoms with Gasteiger partial charge < -0.3 is 9.80 Å². The van der Waals surface area contributed by atoms with Gasteiger partial charge in [-0.3, -0.25) is 10.1 Å². The first kappa shape index (κ1) is 14.0. The van der Waals surface area contributed by atoms with E-state index in [9.17, 15) is 4.79 Å². The van der Waals surface area contributed by atoms with Gasteiger partial charge in [0.2, 0.25) is 5.91 Å². The van der Waals surface area contributed by atoms with Crippen molar-refractivity contribution in [2.75, 3.05) is 26.8 Å². The van der Waals surface area contributed by atoms with Gasteiger partial charge in [0.05, 0.1) is 6.67 Å². The highest BCUT2D eigenvalue weighted by Gasteiger charge is 2.31. The highest BCUT2D eigenvalue weighted by molar-refractivity contribution is 5.85. The van der Waals surface area contributed by atoms with Gasteiger partial charge in [0.1, 0.15) is 6.04 Å². The molecular weight excluding hydrogens is 238 g/mol. The number of rotatable bonds is 5. The Bertz CT molecular complexity index is 419. The highest BCUT2D eigenvalue weighted by Crippen LogP contribution is 2.19. The van der Waals surface area contributed by atoms with E-state index in [1.54, 1.807) is 0 Å². The van der Waals surface area contributed by atoms with Crippen molar-refractivity contribution in [1.82, 2.24) is 15.1 Å². The van der Waals surface area contributed by atoms with Crippen molar-refractivity contribution in [2.45, 2.75) is 25.9 Å². The molecule has 0 radical (unpaired) electrons. The van der Waals surface area contributed by atoms with Crippen LogP contribution in [0.15, 0.2) is 30.3 Å². The van der Waals surface area contributed by atoms with Crippen molar-refractivity contribution in [1.29, 1.82) is 0 Å². The molecule has 1 saturated heterocycles. The minimum atomic E-state index is -0.175. The lowest BCUT2D eigenvalue weighted by Gasteiger charge is -2.24. The quantitative estimate of drug-likeness (QED) is 0.871. The van der Waals surface area contributed by atoms with E-state index in [1.165, 1.54) is 0 Å². The number of hydrogen-bond acceptors (Lipinski definition) is 3. The Labute approximate surface area is 115 Å². The third-order valence-electron chi connectivity index (χ3n) is 3.78. The fourth-order valence-corrected chi connectivity index (χ4v) is 2.18. The lowest BCUT2D eigenvalue weighted by Crippen LogP contribution is -2.37. The van der Waals surface area contributed by atoms with Crippen LogP contribution < -0.4 is 5.32 Å². The second-order valence-corrected chi connectivity index (χ2v) is 5.38. The topological polar surface area (TPSA) is 35.6 Å². The van der Waals surface area contributed by atoms with E-state index in [0.717, 1.165) is 18.7 Å². The minimum Gasteiger partial charge on any atom is -0.327 e. The van der Waals surface area contributed by atoms with Crippen LogP contribution in [0.25, 0.3) is 0 Å². The van der Waals surface area contributed by atoms with Crippen LogP contribution in [0, 0.1) is 0 Å². The molecule has 1 aliphatic heterocycles. The number of amides is 1. The van der Waals surface area contributed by atoms with E-state index in [-0.39, 0.29) is 11.9 Å². The Morgan fingerprint density at radius 3 is 2.68 bits per heavy atom. The second-order valence-electron chi connectivity index (χ2n) is 5.38. The fraction of sp³-hybridized carbons (Fsp3) is 0.533. The minimum absolute atomic E-state index is 0.175. The van der Waals surface area contributed by atoms with Crippen LogP contribution in [0.2, 0.25) is 0 Å². The summed E-state index contributed by atoms with van der Waals surface area (Å²) in [6.07, 6.45) is 0. The van der Waals surface area contributed by atoms with Crippen LogP contribution in [-0.2, 0) is 4.79 Å². The molecule has 0 spiro atoms. The smallest absolute Gasteiger partial charge is 0.245 e. The van der Waals surface area contributed by atoms with Gasteiger partial charge in [0.25, 0.3) is 0 Å². The van der Waals surface area contributed by atoms with Crippen molar-refractivity contribution in [2.24, 2.45) is 0 Å². The van der Waals surface area contributed by atoms with E-state index in [0.29, 0.717) is 12.7 Å². The number of benzene rings is 1. The predicted molar refractivity (Wildman–Crippen MR) is 76.7 cm³/mol. The number of carbonyl (C=O) groups is 1. The SMILES string of the molecule is CC(C)N(C)CCN1CNC(c2ccccc2)C1=O. The lowest BCUT2D eigenvalue weighted by atomic mass is 10.1. The number of nitrogens with one attached hydrogen (secondary N) is 1. The molecular formula is C15H23N3O. The third-order valence-corrected chi connectivity index (χ3v) is 3.78. The summed E-state index contributed by atoms with van der Waals surface area (Å²) >= 11 is 0. The standard InChI is InChI=1S/C15H23N3O/c1-12(2)17(3)9-10-18-11-16-14(15(18)19)13-7-5-4-6-8-13/h4-8,12,14,16H,9-11H2,1-3H3. The fourth-order valence-electron chi connectivity index (χ4n) is 2.18. The summed E-state index contributed by atoms with van der Waals surface area (Å²) in [5.74, 6) is 0.184. The van der Waals surface area contributed by atoms with Crippen LogP contribution in [0.3, 0.4) is 0 Å². The van der Waals surface area contributed by atoms with Gasteiger partial charge in [0.15, 0.2) is 0 Å². The van der Waals surface area contributed by atoms with Gasteiger partial charge in [-0.2, -0.15) is 0 Å². The average molecular weight is 261 g/mol. The molecule has 0 aliphatic carbocycles. The van der Waals surface area contributed by atoms with Gasteiger partial charge in [-0.1, -0.05) is 30.3 Å². The molecule has 1 amide bonds. The maximum Gasteiger partial charge on any atom is 0.245 e. The summed E-state index contributed by atoms with van der Waals surface area (Å²) in [5, 5.41) is 3.28. The van der Waals surface area contributed by atoms with Gasteiger partial charge in [-0.15, -0.1) is 0 Å². The van der Waals surface area contributed by atoms with E-state index >= 15 is 0 Å². The molecule has 104 valence electrons. The summed E-state index contributed by atoms with van der Waals surface area (Å²) in [4.78, 5) is 16.5. The molecule has 0 saturated carbocycles. The number of hydrogen-bond donors (Lipinski definition) is 1. The zero-order valence-electron chi connectivity index (χ0n) is 12.0. The first-order valence-electron chi connectivity index (χ1n) is 6.87. The molecule has 1 N–H and O–H groups in total. The predicted octanol–water partition coefficient (Wildman–Crippen LogP) is 1.46. The first-order chi connectivity index (χ1) is 9.09. The van der Waals surface area contributed by atoms with Crippen molar-refractivity contribution < 1.29 is 4.79 Å². The maximum absolute atomic E-state index is 12.3. The van der Waals surface area contributed by atoms with E-state index in [2.05, 4.69) is 31.1 Å². The summed E-state index contributed by atoms with van der Waals surface area (Å²) in [6, 6.07) is 10.2. The summed E-state index contributed by atoms with van der Waals surface area (Å²) in [6.45, 7) is 6.66. The van der Waals surface area contributed by atoms with Crippen LogP contribution in [0.5, 0.6) is 0 Å². The lowest BCUT2D eigenvalue weighted by molar-refractivity contribution is -0.129. The van der Waals surface area contributed by atoms with Crippen molar-refractivity contribution in [3.63, 3.8) is 0 Å². The van der Waals surface area contributed by atoms with Crippen molar-refractivity contribution in [3.8, 4) is 0 Å². The summed E-state index contributed by atoms with van der Waals surface area (Å²) in [5.41, 5.74) is 1.05. The largest absolute Gasteiger partial charge is 0.327 e. The van der Waals surface area contributed by atoms with E-state index < -0.39 is 0 Å². The Hall–Kier alpha value is -1.39. The Morgan fingerprint density at radius 1 is 1.37 bits per heavy atom. The van der Waals surface area contributed by atoms with Gasteiger partial charge in [-0.05, 0) is 26.5 Å². The highest BCUT2D eigenvalue weighted by atomic mass is 16.2. The van der Waals surface area contributed by atoms with Gasteiger partial charge in [0, 0.05) is 19.1 Å².